The Morgan fingerprint density at radius 3 is 2.26 bits per heavy atom. The fraction of sp³-hybridized carbons (Fsp3) is 0.160. The number of carbonyl (C=O) groups is 3. The Labute approximate surface area is 184 Å². The number of ether oxygens (including phenoxy) is 1. The Morgan fingerprint density at radius 2 is 1.55 bits per heavy atom. The molecule has 156 valence electrons. The zero-order valence-electron chi connectivity index (χ0n) is 17.0. The van der Waals surface area contributed by atoms with Crippen molar-refractivity contribution in [2.75, 3.05) is 18.2 Å². The molecular formula is C25H21NO4S. The van der Waals surface area contributed by atoms with Crippen LogP contribution in [0.2, 0.25) is 0 Å². The smallest absolute Gasteiger partial charge is 0.224 e. The molecule has 1 aliphatic rings. The molecule has 31 heavy (non-hydrogen) atoms. The van der Waals surface area contributed by atoms with Gasteiger partial charge in [-0.25, -0.2) is 0 Å². The standard InChI is InChI=1S/C25H21NO4S/c1-30-16-11-13-17(14-12-16)31-15-5-10-22(27)26-21-9-4-8-20-23(21)25(29)19-7-3-2-6-18(19)24(20)28/h2-4,6-9,11-14H,5,10,15H2,1H3,(H,26,27). The van der Waals surface area contributed by atoms with Crippen molar-refractivity contribution in [1.82, 2.24) is 0 Å². The number of amides is 1. The SMILES string of the molecule is COc1ccc(SCCCC(=O)Nc2cccc3c2C(=O)c2ccccc2C3=O)cc1. The lowest BCUT2D eigenvalue weighted by Gasteiger charge is -2.20. The maximum Gasteiger partial charge on any atom is 0.224 e. The first-order valence-corrected chi connectivity index (χ1v) is 10.9. The molecule has 1 amide bonds. The topological polar surface area (TPSA) is 72.5 Å². The molecule has 4 rings (SSSR count). The fourth-order valence-corrected chi connectivity index (χ4v) is 4.41. The van der Waals surface area contributed by atoms with Gasteiger partial charge >= 0.3 is 0 Å². The first-order chi connectivity index (χ1) is 15.1. The molecule has 0 unspecified atom stereocenters. The average molecular weight is 432 g/mol. The van der Waals surface area contributed by atoms with E-state index in [9.17, 15) is 14.4 Å². The molecule has 1 N–H and O–H groups in total. The van der Waals surface area contributed by atoms with E-state index in [2.05, 4.69) is 5.32 Å². The van der Waals surface area contributed by atoms with E-state index in [1.807, 2.05) is 24.3 Å². The van der Waals surface area contributed by atoms with Crippen LogP contribution in [0.25, 0.3) is 0 Å². The normalized spacial score (nSPS) is 12.2. The van der Waals surface area contributed by atoms with E-state index in [-0.39, 0.29) is 23.0 Å². The summed E-state index contributed by atoms with van der Waals surface area (Å²) >= 11 is 1.67. The molecule has 5 nitrogen and oxygen atoms in total. The largest absolute Gasteiger partial charge is 0.497 e. The van der Waals surface area contributed by atoms with Crippen LogP contribution in [0.4, 0.5) is 5.69 Å². The number of benzene rings is 3. The highest BCUT2D eigenvalue weighted by molar-refractivity contribution is 7.99. The van der Waals surface area contributed by atoms with Crippen LogP contribution >= 0.6 is 11.8 Å². The molecule has 0 fully saturated rings. The lowest BCUT2D eigenvalue weighted by molar-refractivity contribution is -0.116. The van der Waals surface area contributed by atoms with Gasteiger partial charge in [0.25, 0.3) is 0 Å². The summed E-state index contributed by atoms with van der Waals surface area (Å²) in [5.74, 6) is 0.985. The Bertz CT molecular complexity index is 1150. The van der Waals surface area contributed by atoms with Gasteiger partial charge in [-0.2, -0.15) is 0 Å². The zero-order chi connectivity index (χ0) is 21.8. The summed E-state index contributed by atoms with van der Waals surface area (Å²) in [5, 5.41) is 2.83. The van der Waals surface area contributed by atoms with E-state index < -0.39 is 0 Å². The number of carbonyl (C=O) groups excluding carboxylic acids is 3. The number of anilines is 1. The fourth-order valence-electron chi connectivity index (χ4n) is 3.56. The highest BCUT2D eigenvalue weighted by Gasteiger charge is 2.31. The summed E-state index contributed by atoms with van der Waals surface area (Å²) in [6.07, 6.45) is 1.01. The van der Waals surface area contributed by atoms with E-state index in [4.69, 9.17) is 4.74 Å². The molecule has 0 saturated carbocycles. The van der Waals surface area contributed by atoms with Gasteiger partial charge in [-0.1, -0.05) is 36.4 Å². The molecule has 0 saturated heterocycles. The molecule has 0 aliphatic heterocycles. The molecule has 6 heteroatoms. The van der Waals surface area contributed by atoms with E-state index in [0.717, 1.165) is 16.4 Å². The third-order valence-corrected chi connectivity index (χ3v) is 6.20. The molecule has 0 atom stereocenters. The maximum absolute atomic E-state index is 13.0. The van der Waals surface area contributed by atoms with Crippen molar-refractivity contribution in [2.45, 2.75) is 17.7 Å². The van der Waals surface area contributed by atoms with Crippen LogP contribution in [-0.4, -0.2) is 30.3 Å². The molecule has 0 spiro atoms. The lowest BCUT2D eigenvalue weighted by Crippen LogP contribution is -2.23. The van der Waals surface area contributed by atoms with Crippen molar-refractivity contribution in [3.63, 3.8) is 0 Å². The Kier molecular flexibility index (Phi) is 6.18. The molecule has 0 aromatic heterocycles. The highest BCUT2D eigenvalue weighted by atomic mass is 32.2. The van der Waals surface area contributed by atoms with Crippen LogP contribution in [0.3, 0.4) is 0 Å². The average Bonchev–Trinajstić information content (AvgIpc) is 2.80. The van der Waals surface area contributed by atoms with Crippen molar-refractivity contribution >= 4 is 34.9 Å². The first kappa shape index (κ1) is 20.9. The number of fused-ring (bicyclic) bond motifs is 2. The number of ketones is 2. The number of hydrogen-bond donors (Lipinski definition) is 1. The number of rotatable bonds is 7. The minimum Gasteiger partial charge on any atom is -0.497 e. The predicted molar refractivity (Wildman–Crippen MR) is 121 cm³/mol. The number of hydrogen-bond acceptors (Lipinski definition) is 5. The van der Waals surface area contributed by atoms with E-state index >= 15 is 0 Å². The molecule has 0 radical (unpaired) electrons. The van der Waals surface area contributed by atoms with Crippen molar-refractivity contribution < 1.29 is 19.1 Å². The summed E-state index contributed by atoms with van der Waals surface area (Å²) in [4.78, 5) is 39.4. The minimum atomic E-state index is -0.240. The molecule has 3 aromatic carbocycles. The van der Waals surface area contributed by atoms with Gasteiger partial charge in [0.1, 0.15) is 5.75 Å². The van der Waals surface area contributed by atoms with Crippen LogP contribution < -0.4 is 10.1 Å². The first-order valence-electron chi connectivity index (χ1n) is 9.96. The van der Waals surface area contributed by atoms with Gasteiger partial charge in [0.05, 0.1) is 18.4 Å². The van der Waals surface area contributed by atoms with Crippen LogP contribution in [-0.2, 0) is 4.79 Å². The van der Waals surface area contributed by atoms with Gasteiger partial charge in [-0.3, -0.25) is 14.4 Å². The van der Waals surface area contributed by atoms with Crippen LogP contribution in [0, 0.1) is 0 Å². The number of methoxy groups -OCH3 is 1. The summed E-state index contributed by atoms with van der Waals surface area (Å²) in [7, 11) is 1.63. The quantitative estimate of drug-likeness (QED) is 0.330. The Morgan fingerprint density at radius 1 is 0.871 bits per heavy atom. The van der Waals surface area contributed by atoms with Gasteiger partial charge in [-0.05, 0) is 42.5 Å². The van der Waals surface area contributed by atoms with Crippen molar-refractivity contribution in [1.29, 1.82) is 0 Å². The maximum atomic E-state index is 13.0. The van der Waals surface area contributed by atoms with Gasteiger partial charge in [0.2, 0.25) is 5.91 Å². The second-order valence-corrected chi connectivity index (χ2v) is 8.28. The van der Waals surface area contributed by atoms with Crippen molar-refractivity contribution in [3.8, 4) is 5.75 Å². The third kappa shape index (κ3) is 4.39. The minimum absolute atomic E-state index is 0.178. The van der Waals surface area contributed by atoms with E-state index in [0.29, 0.717) is 35.2 Å². The van der Waals surface area contributed by atoms with Crippen LogP contribution in [0.1, 0.15) is 44.7 Å². The van der Waals surface area contributed by atoms with Crippen molar-refractivity contribution in [2.24, 2.45) is 0 Å². The van der Waals surface area contributed by atoms with Crippen LogP contribution in [0.15, 0.2) is 71.6 Å². The number of nitrogens with one attached hydrogen (secondary N) is 1. The Balaban J connectivity index is 1.39. The number of thioether (sulfide) groups is 1. The second kappa shape index (κ2) is 9.18. The molecule has 3 aromatic rings. The lowest BCUT2D eigenvalue weighted by atomic mass is 9.83. The molecule has 1 aliphatic carbocycles. The molecular weight excluding hydrogens is 410 g/mol. The van der Waals surface area contributed by atoms with Gasteiger partial charge < -0.3 is 10.1 Å². The molecule has 0 heterocycles. The monoisotopic (exact) mass is 431 g/mol. The summed E-state index contributed by atoms with van der Waals surface area (Å²) in [6.45, 7) is 0. The van der Waals surface area contributed by atoms with Gasteiger partial charge in [0.15, 0.2) is 11.6 Å². The molecule has 0 bridgehead atoms. The van der Waals surface area contributed by atoms with Crippen molar-refractivity contribution in [3.05, 3.63) is 89.0 Å². The summed E-state index contributed by atoms with van der Waals surface area (Å²) < 4.78 is 5.15. The zero-order valence-corrected chi connectivity index (χ0v) is 17.8. The highest BCUT2D eigenvalue weighted by Crippen LogP contribution is 2.32. The van der Waals surface area contributed by atoms with Gasteiger partial charge in [-0.15, -0.1) is 11.8 Å². The summed E-state index contributed by atoms with van der Waals surface area (Å²) in [5.41, 5.74) is 1.76. The summed E-state index contributed by atoms with van der Waals surface area (Å²) in [6, 6.07) is 19.6. The van der Waals surface area contributed by atoms with Crippen LogP contribution in [0.5, 0.6) is 5.75 Å². The predicted octanol–water partition coefficient (Wildman–Crippen LogP) is 4.98. The second-order valence-electron chi connectivity index (χ2n) is 7.11. The Hall–Kier alpha value is -3.38. The van der Waals surface area contributed by atoms with E-state index in [1.165, 1.54) is 0 Å². The van der Waals surface area contributed by atoms with Gasteiger partial charge in [0, 0.05) is 28.0 Å². The van der Waals surface area contributed by atoms with E-state index in [1.54, 1.807) is 61.3 Å². The third-order valence-electron chi connectivity index (χ3n) is 5.10.